The highest BCUT2D eigenvalue weighted by molar-refractivity contribution is 7.59. The van der Waals surface area contributed by atoms with Crippen molar-refractivity contribution in [3.05, 3.63) is 72.6 Å². The van der Waals surface area contributed by atoms with E-state index in [-0.39, 0.29) is 44.8 Å². The Morgan fingerprint density at radius 2 is 1.83 bits per heavy atom. The molecule has 3 aromatic heterocycles. The highest BCUT2D eigenvalue weighted by atomic mass is 32.1. The predicted molar refractivity (Wildman–Crippen MR) is 150 cm³/mol. The quantitative estimate of drug-likeness (QED) is 0.389. The summed E-state index contributed by atoms with van der Waals surface area (Å²) in [6.45, 7) is 2.82. The lowest BCUT2D eigenvalue weighted by molar-refractivity contribution is 0.130. The van der Waals surface area contributed by atoms with E-state index in [1.54, 1.807) is 18.3 Å². The summed E-state index contributed by atoms with van der Waals surface area (Å²) in [6.07, 6.45) is 5.48. The van der Waals surface area contributed by atoms with E-state index in [9.17, 15) is 9.50 Å². The predicted octanol–water partition coefficient (Wildman–Crippen LogP) is 3.49. The molecule has 36 heavy (non-hydrogen) atoms. The van der Waals surface area contributed by atoms with Gasteiger partial charge in [-0.25, -0.2) is 14.4 Å². The summed E-state index contributed by atoms with van der Waals surface area (Å²) >= 11 is 0. The van der Waals surface area contributed by atoms with Crippen LogP contribution in [0.5, 0.6) is 0 Å². The van der Waals surface area contributed by atoms with Gasteiger partial charge in [-0.3, -0.25) is 4.57 Å². The molecule has 2 aliphatic rings. The van der Waals surface area contributed by atoms with Gasteiger partial charge < -0.3 is 19.5 Å². The number of hydrogen-bond donors (Lipinski definition) is 1. The molecule has 1 aromatic carbocycles. The lowest BCUT2D eigenvalue weighted by atomic mass is 10.1. The summed E-state index contributed by atoms with van der Waals surface area (Å²) in [6, 6.07) is 12.8. The van der Waals surface area contributed by atoms with Crippen molar-refractivity contribution in [2.75, 3.05) is 38.6 Å². The lowest BCUT2D eigenvalue weighted by Crippen LogP contribution is -2.29. The molecule has 0 spiro atoms. The first kappa shape index (κ1) is 26.3. The number of anilines is 1. The van der Waals surface area contributed by atoms with Crippen molar-refractivity contribution in [3.8, 4) is 28.3 Å². The maximum absolute atomic E-state index is 13.4. The van der Waals surface area contributed by atoms with Crippen LogP contribution in [0.3, 0.4) is 0 Å². The van der Waals surface area contributed by atoms with Crippen LogP contribution in [0.15, 0.2) is 61.1 Å². The van der Waals surface area contributed by atoms with Crippen molar-refractivity contribution in [2.24, 2.45) is 5.92 Å². The first-order valence-corrected chi connectivity index (χ1v) is 11.5. The zero-order valence-electron chi connectivity index (χ0n) is 20.3. The number of halogens is 1. The van der Waals surface area contributed by atoms with E-state index in [1.807, 2.05) is 26.4 Å². The third-order valence-corrected chi connectivity index (χ3v) is 6.79. The molecule has 1 fully saturated rings. The highest BCUT2D eigenvalue weighted by Gasteiger charge is 2.33. The number of pyridine rings is 1. The first-order chi connectivity index (χ1) is 16.5. The fourth-order valence-corrected chi connectivity index (χ4v) is 5.16. The summed E-state index contributed by atoms with van der Waals surface area (Å²) in [5.74, 6) is 1.69. The molecule has 6 rings (SSSR count). The Kier molecular flexibility index (Phi) is 7.51. The van der Waals surface area contributed by atoms with Gasteiger partial charge in [-0.15, -0.1) is 0 Å². The molecule has 5 heterocycles. The lowest BCUT2D eigenvalue weighted by Gasteiger charge is -2.20. The standard InChI is InChI=1S/C26H27FN6O.2H2S/c1-30(2)12-19-14-32(16-24(19)34)25-8-7-22-21(29-25)15-31-13-18(17-3-5-20(27)6-4-17)11-23(31)26-28-9-10-33(22)26;;/h3-11,13,19,24,34H,12,14-16H2,1-2H3;2*1H2/t19-,24+;;/m0../s1. The zero-order valence-corrected chi connectivity index (χ0v) is 22.3. The molecule has 10 heteroatoms. The summed E-state index contributed by atoms with van der Waals surface area (Å²) < 4.78 is 17.7. The average Bonchev–Trinajstić information content (AvgIpc) is 3.52. The Bertz CT molecular complexity index is 1350. The molecule has 190 valence electrons. The van der Waals surface area contributed by atoms with E-state index in [2.05, 4.69) is 42.2 Å². The van der Waals surface area contributed by atoms with Gasteiger partial charge in [0.1, 0.15) is 11.6 Å². The van der Waals surface area contributed by atoms with Gasteiger partial charge in [-0.2, -0.15) is 27.0 Å². The van der Waals surface area contributed by atoms with Gasteiger partial charge in [0, 0.05) is 49.7 Å². The van der Waals surface area contributed by atoms with E-state index in [0.29, 0.717) is 13.1 Å². The largest absolute Gasteiger partial charge is 0.391 e. The smallest absolute Gasteiger partial charge is 0.161 e. The minimum atomic E-state index is -0.363. The molecule has 0 amide bonds. The monoisotopic (exact) mass is 526 g/mol. The number of aliphatic hydroxyl groups is 1. The van der Waals surface area contributed by atoms with Crippen molar-refractivity contribution >= 4 is 32.8 Å². The van der Waals surface area contributed by atoms with Gasteiger partial charge in [0.2, 0.25) is 0 Å². The Morgan fingerprint density at radius 1 is 1.06 bits per heavy atom. The number of nitrogens with zero attached hydrogens (tertiary/aromatic N) is 6. The van der Waals surface area contributed by atoms with E-state index in [1.165, 1.54) is 12.1 Å². The van der Waals surface area contributed by atoms with Gasteiger partial charge in [0.15, 0.2) is 5.82 Å². The van der Waals surface area contributed by atoms with Crippen LogP contribution in [0.1, 0.15) is 5.69 Å². The van der Waals surface area contributed by atoms with Crippen LogP contribution in [-0.2, 0) is 6.54 Å². The van der Waals surface area contributed by atoms with Gasteiger partial charge in [-0.1, -0.05) is 12.1 Å². The maximum atomic E-state index is 13.4. The molecule has 0 aliphatic carbocycles. The minimum absolute atomic E-state index is 0. The highest BCUT2D eigenvalue weighted by Crippen LogP contribution is 2.34. The van der Waals surface area contributed by atoms with Crippen LogP contribution in [0, 0.1) is 11.7 Å². The van der Waals surface area contributed by atoms with Crippen LogP contribution in [0.4, 0.5) is 10.2 Å². The van der Waals surface area contributed by atoms with E-state index < -0.39 is 0 Å². The zero-order chi connectivity index (χ0) is 23.4. The van der Waals surface area contributed by atoms with Crippen molar-refractivity contribution in [1.29, 1.82) is 0 Å². The van der Waals surface area contributed by atoms with Gasteiger partial charge in [-0.05, 0) is 50.0 Å². The van der Waals surface area contributed by atoms with E-state index in [0.717, 1.165) is 52.9 Å². The Labute approximate surface area is 224 Å². The SMILES string of the molecule is CN(C)C[C@H]1CN(c2ccc3c(n2)Cn2cc(-c4ccc(F)cc4)cc2-c2nccn2-3)C[C@H]1O.S.S. The number of β-amino-alcohol motifs (C(OH)–C–C–N with tert-alkyl or cyclic N) is 1. The average molecular weight is 527 g/mol. The Hall–Kier alpha value is -2.79. The Morgan fingerprint density at radius 3 is 2.58 bits per heavy atom. The second-order valence-corrected chi connectivity index (χ2v) is 9.50. The second kappa shape index (κ2) is 10.3. The Balaban J connectivity index is 0.00000152. The molecule has 0 saturated carbocycles. The summed E-state index contributed by atoms with van der Waals surface area (Å²) in [7, 11) is 4.07. The number of benzene rings is 1. The van der Waals surface area contributed by atoms with E-state index in [4.69, 9.17) is 4.98 Å². The van der Waals surface area contributed by atoms with Gasteiger partial charge >= 0.3 is 0 Å². The molecule has 1 saturated heterocycles. The topological polar surface area (TPSA) is 62.3 Å². The number of fused-ring (bicyclic) bond motifs is 5. The minimum Gasteiger partial charge on any atom is -0.391 e. The van der Waals surface area contributed by atoms with Gasteiger partial charge in [0.05, 0.1) is 29.7 Å². The van der Waals surface area contributed by atoms with Gasteiger partial charge in [0.25, 0.3) is 0 Å². The van der Waals surface area contributed by atoms with Crippen LogP contribution in [0.25, 0.3) is 28.3 Å². The summed E-state index contributed by atoms with van der Waals surface area (Å²) in [4.78, 5) is 14.0. The molecular weight excluding hydrogens is 495 g/mol. The molecule has 4 aromatic rings. The second-order valence-electron chi connectivity index (χ2n) is 9.50. The first-order valence-electron chi connectivity index (χ1n) is 11.5. The van der Waals surface area contributed by atoms with E-state index >= 15 is 0 Å². The number of hydrogen-bond acceptors (Lipinski definition) is 5. The number of imidazole rings is 1. The summed E-state index contributed by atoms with van der Waals surface area (Å²) in [5.41, 5.74) is 4.92. The maximum Gasteiger partial charge on any atom is 0.161 e. The van der Waals surface area contributed by atoms with Crippen molar-refractivity contribution in [1.82, 2.24) is 24.0 Å². The molecule has 2 aliphatic heterocycles. The molecule has 1 N–H and O–H groups in total. The molecule has 0 radical (unpaired) electrons. The van der Waals surface area contributed by atoms with Crippen LogP contribution >= 0.6 is 27.0 Å². The third kappa shape index (κ3) is 4.66. The van der Waals surface area contributed by atoms with Crippen LogP contribution in [0.2, 0.25) is 0 Å². The molecular formula is C26H31FN6OS2. The fraction of sp³-hybridized carbons (Fsp3) is 0.308. The molecule has 0 bridgehead atoms. The third-order valence-electron chi connectivity index (χ3n) is 6.79. The summed E-state index contributed by atoms with van der Waals surface area (Å²) in [5, 5.41) is 10.6. The fourth-order valence-electron chi connectivity index (χ4n) is 5.16. The normalized spacial score (nSPS) is 18.1. The van der Waals surface area contributed by atoms with Crippen LogP contribution in [-0.4, -0.2) is 68.9 Å². The molecule has 7 nitrogen and oxygen atoms in total. The number of aromatic nitrogens is 4. The van der Waals surface area contributed by atoms with Crippen LogP contribution < -0.4 is 4.90 Å². The van der Waals surface area contributed by atoms with Crippen molar-refractivity contribution < 1.29 is 9.50 Å². The molecule has 0 unspecified atom stereocenters. The van der Waals surface area contributed by atoms with Crippen molar-refractivity contribution in [2.45, 2.75) is 12.6 Å². The number of rotatable bonds is 4. The van der Waals surface area contributed by atoms with Crippen molar-refractivity contribution in [3.63, 3.8) is 0 Å². The number of aliphatic hydroxyl groups excluding tert-OH is 1. The molecule has 2 atom stereocenters.